The van der Waals surface area contributed by atoms with Crippen LogP contribution in [0, 0.1) is 6.92 Å². The maximum atomic E-state index is 12.6. The van der Waals surface area contributed by atoms with Crippen LogP contribution in [0.25, 0.3) is 0 Å². The zero-order valence-corrected chi connectivity index (χ0v) is 13.2. The lowest BCUT2D eigenvalue weighted by Gasteiger charge is -2.25. The Hall–Kier alpha value is -2.02. The molecule has 0 N–H and O–H groups in total. The molecule has 0 saturated carbocycles. The lowest BCUT2D eigenvalue weighted by molar-refractivity contribution is 0.0732. The minimum atomic E-state index is 0.0559. The summed E-state index contributed by atoms with van der Waals surface area (Å²) in [6, 6.07) is 0.574. The predicted molar refractivity (Wildman–Crippen MR) is 84.1 cm³/mol. The first kappa shape index (κ1) is 13.6. The van der Waals surface area contributed by atoms with Gasteiger partial charge in [-0.2, -0.15) is 0 Å². The number of aryl methyl sites for hydroxylation is 1. The van der Waals surface area contributed by atoms with Crippen molar-refractivity contribution in [2.24, 2.45) is 0 Å². The average Bonchev–Trinajstić information content (AvgIpc) is 3.25. The third-order valence-corrected chi connectivity index (χ3v) is 5.10. The van der Waals surface area contributed by atoms with Crippen LogP contribution in [0.1, 0.15) is 28.9 Å². The molecule has 2 aliphatic heterocycles. The zero-order chi connectivity index (χ0) is 15.1. The van der Waals surface area contributed by atoms with Crippen molar-refractivity contribution >= 4 is 23.2 Å². The van der Waals surface area contributed by atoms with E-state index in [9.17, 15) is 4.79 Å². The van der Waals surface area contributed by atoms with Crippen LogP contribution in [-0.4, -0.2) is 50.9 Å². The molecule has 114 valence electrons. The van der Waals surface area contributed by atoms with Crippen molar-refractivity contribution in [2.75, 3.05) is 18.0 Å². The Labute approximate surface area is 132 Å². The third-order valence-electron chi connectivity index (χ3n) is 4.51. The monoisotopic (exact) mass is 315 g/mol. The van der Waals surface area contributed by atoms with Gasteiger partial charge in [0.15, 0.2) is 0 Å². The van der Waals surface area contributed by atoms with Gasteiger partial charge in [-0.1, -0.05) is 0 Å². The van der Waals surface area contributed by atoms with E-state index in [4.69, 9.17) is 0 Å². The standard InChI is InChI=1S/C15H17N5OS/c1-10-6-16-15(17-7-10)20-5-3-12-13(20)2-4-19(12)14(21)11-8-22-9-18-11/h6-9,12-13H,2-5H2,1H3/t12-,13+/m1/s1. The van der Waals surface area contributed by atoms with Crippen LogP contribution in [0.15, 0.2) is 23.3 Å². The van der Waals surface area contributed by atoms with Gasteiger partial charge in [-0.15, -0.1) is 11.3 Å². The summed E-state index contributed by atoms with van der Waals surface area (Å²) in [7, 11) is 0. The molecular formula is C15H17N5OS. The van der Waals surface area contributed by atoms with Gasteiger partial charge >= 0.3 is 0 Å². The van der Waals surface area contributed by atoms with Gasteiger partial charge in [0, 0.05) is 30.9 Å². The highest BCUT2D eigenvalue weighted by Gasteiger charge is 2.45. The SMILES string of the molecule is Cc1cnc(N2CC[C@@H]3[C@@H]2CCN3C(=O)c2cscn2)nc1. The second-order valence-electron chi connectivity index (χ2n) is 5.84. The van der Waals surface area contributed by atoms with Gasteiger partial charge in [0.1, 0.15) is 5.69 Å². The summed E-state index contributed by atoms with van der Waals surface area (Å²) in [4.78, 5) is 29.8. The fraction of sp³-hybridized carbons (Fsp3) is 0.467. The van der Waals surface area contributed by atoms with E-state index in [-0.39, 0.29) is 11.9 Å². The van der Waals surface area contributed by atoms with Gasteiger partial charge in [-0.05, 0) is 25.3 Å². The molecule has 6 nitrogen and oxygen atoms in total. The smallest absolute Gasteiger partial charge is 0.273 e. The number of likely N-dealkylation sites (tertiary alicyclic amines) is 1. The van der Waals surface area contributed by atoms with Crippen molar-refractivity contribution in [3.63, 3.8) is 0 Å². The largest absolute Gasteiger partial charge is 0.336 e. The van der Waals surface area contributed by atoms with Crippen molar-refractivity contribution in [3.8, 4) is 0 Å². The first-order valence-corrected chi connectivity index (χ1v) is 8.43. The maximum absolute atomic E-state index is 12.6. The van der Waals surface area contributed by atoms with Crippen LogP contribution >= 0.6 is 11.3 Å². The van der Waals surface area contributed by atoms with Crippen LogP contribution in [0.3, 0.4) is 0 Å². The molecule has 2 atom stereocenters. The predicted octanol–water partition coefficient (Wildman–Crippen LogP) is 1.73. The van der Waals surface area contributed by atoms with E-state index in [0.717, 1.165) is 37.4 Å². The summed E-state index contributed by atoms with van der Waals surface area (Å²) in [6.07, 6.45) is 5.64. The van der Waals surface area contributed by atoms with Crippen LogP contribution in [-0.2, 0) is 0 Å². The molecule has 0 unspecified atom stereocenters. The molecular weight excluding hydrogens is 298 g/mol. The van der Waals surface area contributed by atoms with Crippen molar-refractivity contribution in [2.45, 2.75) is 31.8 Å². The molecule has 1 amide bonds. The molecule has 4 rings (SSSR count). The summed E-state index contributed by atoms with van der Waals surface area (Å²) in [5.74, 6) is 0.835. The maximum Gasteiger partial charge on any atom is 0.273 e. The molecule has 2 fully saturated rings. The van der Waals surface area contributed by atoms with Gasteiger partial charge in [-0.25, -0.2) is 15.0 Å². The number of anilines is 1. The molecule has 0 bridgehead atoms. The molecule has 7 heteroatoms. The molecule has 0 aliphatic carbocycles. The average molecular weight is 315 g/mol. The second kappa shape index (κ2) is 5.31. The van der Waals surface area contributed by atoms with E-state index in [1.807, 2.05) is 29.6 Å². The quantitative estimate of drug-likeness (QED) is 0.844. The molecule has 4 heterocycles. The molecule has 0 spiro atoms. The normalized spacial score (nSPS) is 23.9. The van der Waals surface area contributed by atoms with E-state index in [0.29, 0.717) is 11.7 Å². The highest BCUT2D eigenvalue weighted by Crippen LogP contribution is 2.34. The fourth-order valence-corrected chi connectivity index (χ4v) is 4.01. The summed E-state index contributed by atoms with van der Waals surface area (Å²) in [5.41, 5.74) is 3.34. The van der Waals surface area contributed by atoms with E-state index in [1.54, 1.807) is 5.51 Å². The number of rotatable bonds is 2. The lowest BCUT2D eigenvalue weighted by atomic mass is 10.1. The van der Waals surface area contributed by atoms with Gasteiger partial charge in [0.05, 0.1) is 17.6 Å². The number of fused-ring (bicyclic) bond motifs is 1. The number of thiazole rings is 1. The molecule has 0 radical (unpaired) electrons. The summed E-state index contributed by atoms with van der Waals surface area (Å²) >= 11 is 1.46. The summed E-state index contributed by atoms with van der Waals surface area (Å²) < 4.78 is 0. The molecule has 2 aromatic rings. The van der Waals surface area contributed by atoms with E-state index in [2.05, 4.69) is 19.9 Å². The Bertz CT molecular complexity index is 672. The third kappa shape index (κ3) is 2.16. The number of aromatic nitrogens is 3. The molecule has 22 heavy (non-hydrogen) atoms. The van der Waals surface area contributed by atoms with Crippen molar-refractivity contribution in [1.29, 1.82) is 0 Å². The number of hydrogen-bond acceptors (Lipinski definition) is 6. The molecule has 2 aliphatic rings. The highest BCUT2D eigenvalue weighted by molar-refractivity contribution is 7.07. The van der Waals surface area contributed by atoms with Crippen molar-refractivity contribution in [3.05, 3.63) is 34.5 Å². The number of hydrogen-bond donors (Lipinski definition) is 0. The van der Waals surface area contributed by atoms with Gasteiger partial charge in [-0.3, -0.25) is 4.79 Å². The molecule has 2 saturated heterocycles. The van der Waals surface area contributed by atoms with Crippen LogP contribution in [0.2, 0.25) is 0 Å². The van der Waals surface area contributed by atoms with Crippen LogP contribution in [0.4, 0.5) is 5.95 Å². The minimum Gasteiger partial charge on any atom is -0.336 e. The number of carbonyl (C=O) groups is 1. The first-order chi connectivity index (χ1) is 10.7. The Morgan fingerprint density at radius 3 is 2.68 bits per heavy atom. The van der Waals surface area contributed by atoms with E-state index >= 15 is 0 Å². The fourth-order valence-electron chi connectivity index (χ4n) is 3.49. The van der Waals surface area contributed by atoms with Crippen molar-refractivity contribution in [1.82, 2.24) is 19.9 Å². The van der Waals surface area contributed by atoms with E-state index < -0.39 is 0 Å². The summed E-state index contributed by atoms with van der Waals surface area (Å²) in [6.45, 7) is 3.67. The topological polar surface area (TPSA) is 62.2 Å². The Morgan fingerprint density at radius 1 is 1.18 bits per heavy atom. The Balaban J connectivity index is 1.54. The van der Waals surface area contributed by atoms with Crippen molar-refractivity contribution < 1.29 is 4.79 Å². The zero-order valence-electron chi connectivity index (χ0n) is 12.3. The number of nitrogens with zero attached hydrogens (tertiary/aromatic N) is 5. The van der Waals surface area contributed by atoms with E-state index in [1.165, 1.54) is 11.3 Å². The highest BCUT2D eigenvalue weighted by atomic mass is 32.1. The van der Waals surface area contributed by atoms with Gasteiger partial charge in [0.2, 0.25) is 5.95 Å². The second-order valence-corrected chi connectivity index (χ2v) is 6.56. The minimum absolute atomic E-state index is 0.0559. The lowest BCUT2D eigenvalue weighted by Crippen LogP contribution is -2.40. The first-order valence-electron chi connectivity index (χ1n) is 7.48. The van der Waals surface area contributed by atoms with Crippen LogP contribution in [0.5, 0.6) is 0 Å². The number of amides is 1. The molecule has 0 aromatic carbocycles. The Kier molecular flexibility index (Phi) is 3.29. The van der Waals surface area contributed by atoms with Gasteiger partial charge in [0.25, 0.3) is 5.91 Å². The Morgan fingerprint density at radius 2 is 1.95 bits per heavy atom. The summed E-state index contributed by atoms with van der Waals surface area (Å²) in [5, 5.41) is 1.82. The number of carbonyl (C=O) groups excluding carboxylic acids is 1. The molecule has 2 aromatic heterocycles. The van der Waals surface area contributed by atoms with Crippen LogP contribution < -0.4 is 4.90 Å². The van der Waals surface area contributed by atoms with Gasteiger partial charge < -0.3 is 9.80 Å².